The van der Waals surface area contributed by atoms with Crippen LogP contribution in [0.3, 0.4) is 0 Å². The van der Waals surface area contributed by atoms with Gasteiger partial charge in [0.15, 0.2) is 5.78 Å². The molecule has 1 amide bonds. The number of aromatic nitrogens is 4. The number of nitrogens with two attached hydrogens (primary N) is 1. The Morgan fingerprint density at radius 1 is 0.850 bits per heavy atom. The molecule has 0 fully saturated rings. The van der Waals surface area contributed by atoms with E-state index in [4.69, 9.17) is 15.7 Å². The van der Waals surface area contributed by atoms with E-state index < -0.39 is 12.1 Å². The summed E-state index contributed by atoms with van der Waals surface area (Å²) in [6.45, 7) is 0. The van der Waals surface area contributed by atoms with Crippen molar-refractivity contribution < 1.29 is 9.59 Å². The standard InChI is InChI=1S/C30H36N6O2S2/c1-39-13-11-24(31)30(38)36-27(12-14-40-2)29(37)28-25-9-7-22(34-25)16-20-5-3-18(32-20)15-19-4-6-21(33-19)17-23-8-10-26(28)35-23/h3,5,8,10,15-17,24,27,32,35H,4,6-7,9,11-14,31H2,1-2H3,(H,36,38)/t24-,27-/m0/s1. The molecule has 3 aromatic heterocycles. The highest BCUT2D eigenvalue weighted by atomic mass is 32.2. The molecule has 10 heteroatoms. The lowest BCUT2D eigenvalue weighted by molar-refractivity contribution is -0.122. The lowest BCUT2D eigenvalue weighted by Gasteiger charge is -2.20. The summed E-state index contributed by atoms with van der Waals surface area (Å²) in [5.41, 5.74) is 13.9. The van der Waals surface area contributed by atoms with E-state index in [0.29, 0.717) is 30.3 Å². The number of H-pyrrole nitrogens is 2. The van der Waals surface area contributed by atoms with E-state index in [0.717, 1.165) is 70.1 Å². The van der Waals surface area contributed by atoms with Crippen molar-refractivity contribution in [2.45, 2.75) is 50.6 Å². The predicted molar refractivity (Wildman–Crippen MR) is 166 cm³/mol. The number of carbonyl (C=O) groups is 2. The zero-order valence-corrected chi connectivity index (χ0v) is 24.6. The lowest BCUT2D eigenvalue weighted by Crippen LogP contribution is -2.49. The Bertz CT molecular complexity index is 1550. The number of ketones is 1. The number of thioether (sulfide) groups is 2. The van der Waals surface area contributed by atoms with Crippen molar-refractivity contribution in [3.8, 4) is 0 Å². The van der Waals surface area contributed by atoms with E-state index in [1.807, 2.05) is 42.8 Å². The SMILES string of the molecule is CSCC[C@H](NC(=O)[C@@H](N)CCSC)C(=O)c1c2nc(cc3ccc(cc4nc(cc5ccc1[nH]5)CC4)[nH]3)CC2. The highest BCUT2D eigenvalue weighted by Crippen LogP contribution is 2.23. The predicted octanol–water partition coefficient (Wildman–Crippen LogP) is 4.39. The number of aromatic amines is 2. The van der Waals surface area contributed by atoms with Gasteiger partial charge in [0, 0.05) is 33.6 Å². The normalized spacial score (nSPS) is 14.6. The van der Waals surface area contributed by atoms with Gasteiger partial charge in [-0.1, -0.05) is 0 Å². The first-order valence-corrected chi connectivity index (χ1v) is 16.5. The van der Waals surface area contributed by atoms with Crippen LogP contribution in [0, 0.1) is 0 Å². The van der Waals surface area contributed by atoms with Crippen molar-refractivity contribution in [3.63, 3.8) is 0 Å². The summed E-state index contributed by atoms with van der Waals surface area (Å²) in [4.78, 5) is 43.9. The molecule has 2 aliphatic rings. The largest absolute Gasteiger partial charge is 0.355 e. The van der Waals surface area contributed by atoms with Gasteiger partial charge < -0.3 is 21.0 Å². The molecular weight excluding hydrogens is 541 g/mol. The van der Waals surface area contributed by atoms with E-state index in [-0.39, 0.29) is 11.7 Å². The molecule has 2 aliphatic heterocycles. The summed E-state index contributed by atoms with van der Waals surface area (Å²) >= 11 is 3.29. The quantitative estimate of drug-likeness (QED) is 0.264. The van der Waals surface area contributed by atoms with E-state index >= 15 is 0 Å². The summed E-state index contributed by atoms with van der Waals surface area (Å²) in [6.07, 6.45) is 8.17. The molecule has 5 heterocycles. The van der Waals surface area contributed by atoms with Crippen molar-refractivity contribution in [1.29, 1.82) is 0 Å². The van der Waals surface area contributed by atoms with Gasteiger partial charge in [-0.3, -0.25) is 19.6 Å². The molecule has 5 rings (SSSR count). The second-order valence-electron chi connectivity index (χ2n) is 10.2. The van der Waals surface area contributed by atoms with Crippen LogP contribution in [0.4, 0.5) is 0 Å². The molecule has 210 valence electrons. The Balaban J connectivity index is 1.63. The zero-order chi connectivity index (χ0) is 28.1. The molecule has 0 saturated carbocycles. The Hall–Kier alpha value is -3.08. The molecule has 2 atom stereocenters. The lowest BCUT2D eigenvalue weighted by atomic mass is 9.98. The Morgan fingerprint density at radius 2 is 1.43 bits per heavy atom. The molecule has 0 spiro atoms. The van der Waals surface area contributed by atoms with Gasteiger partial charge in [-0.2, -0.15) is 23.5 Å². The van der Waals surface area contributed by atoms with E-state index in [2.05, 4.69) is 27.4 Å². The van der Waals surface area contributed by atoms with Gasteiger partial charge in [0.1, 0.15) is 0 Å². The molecule has 3 aromatic rings. The van der Waals surface area contributed by atoms with Crippen molar-refractivity contribution in [2.24, 2.45) is 5.73 Å². The van der Waals surface area contributed by atoms with Crippen LogP contribution < -0.4 is 11.1 Å². The maximum Gasteiger partial charge on any atom is 0.237 e. The first-order valence-electron chi connectivity index (χ1n) is 13.7. The van der Waals surface area contributed by atoms with Crippen molar-refractivity contribution in [3.05, 3.63) is 70.8 Å². The smallest absolute Gasteiger partial charge is 0.237 e. The molecule has 8 nitrogen and oxygen atoms in total. The van der Waals surface area contributed by atoms with Gasteiger partial charge in [0.25, 0.3) is 0 Å². The number of fused-ring (bicyclic) bond motifs is 8. The fourth-order valence-corrected chi connectivity index (χ4v) is 6.08. The molecule has 8 bridgehead atoms. The highest BCUT2D eigenvalue weighted by Gasteiger charge is 2.28. The number of hydrogen-bond donors (Lipinski definition) is 4. The summed E-state index contributed by atoms with van der Waals surface area (Å²) in [7, 11) is 0. The van der Waals surface area contributed by atoms with E-state index in [1.165, 1.54) is 0 Å². The summed E-state index contributed by atoms with van der Waals surface area (Å²) < 4.78 is 0. The minimum atomic E-state index is -0.690. The van der Waals surface area contributed by atoms with Crippen LogP contribution in [0.15, 0.2) is 42.5 Å². The molecule has 5 N–H and O–H groups in total. The molecule has 40 heavy (non-hydrogen) atoms. The third-order valence-electron chi connectivity index (χ3n) is 7.24. The second kappa shape index (κ2) is 13.1. The van der Waals surface area contributed by atoms with Crippen molar-refractivity contribution >= 4 is 57.3 Å². The third-order valence-corrected chi connectivity index (χ3v) is 8.53. The number of Topliss-reactive ketones (excluding diaryl/α,β-unsaturated/α-hetero) is 1. The van der Waals surface area contributed by atoms with Gasteiger partial charge in [-0.15, -0.1) is 0 Å². The first kappa shape index (κ1) is 28.4. The molecule has 0 aliphatic carbocycles. The maximum atomic E-state index is 14.3. The summed E-state index contributed by atoms with van der Waals surface area (Å²) in [6, 6.07) is 12.8. The second-order valence-corrected chi connectivity index (χ2v) is 12.2. The number of amides is 1. The van der Waals surface area contributed by atoms with Crippen molar-refractivity contribution in [1.82, 2.24) is 25.3 Å². The average molecular weight is 577 g/mol. The third kappa shape index (κ3) is 6.79. The van der Waals surface area contributed by atoms with Crippen LogP contribution in [-0.4, -0.2) is 67.7 Å². The van der Waals surface area contributed by atoms with E-state index in [9.17, 15) is 9.59 Å². The number of rotatable bonds is 10. The molecule has 0 radical (unpaired) electrons. The van der Waals surface area contributed by atoms with Crippen LogP contribution in [-0.2, 0) is 30.5 Å². The number of hydrogen-bond acceptors (Lipinski definition) is 7. The minimum absolute atomic E-state index is 0.139. The van der Waals surface area contributed by atoms with Gasteiger partial charge >= 0.3 is 0 Å². The maximum absolute atomic E-state index is 14.3. The molecule has 0 aromatic carbocycles. The summed E-state index contributed by atoms with van der Waals surface area (Å²) in [5, 5.41) is 2.98. The van der Waals surface area contributed by atoms with Crippen LogP contribution in [0.2, 0.25) is 0 Å². The van der Waals surface area contributed by atoms with Gasteiger partial charge in [-0.05, 0) is 105 Å². The molecule has 0 unspecified atom stereocenters. The van der Waals surface area contributed by atoms with Gasteiger partial charge in [0.05, 0.1) is 28.9 Å². The number of nitrogens with zero attached hydrogens (tertiary/aromatic N) is 2. The van der Waals surface area contributed by atoms with Crippen LogP contribution in [0.1, 0.15) is 46.0 Å². The minimum Gasteiger partial charge on any atom is -0.355 e. The van der Waals surface area contributed by atoms with E-state index in [1.54, 1.807) is 23.5 Å². The first-order chi connectivity index (χ1) is 19.4. The highest BCUT2D eigenvalue weighted by molar-refractivity contribution is 7.98. The fourth-order valence-electron chi connectivity index (χ4n) is 5.12. The number of carbonyl (C=O) groups excluding carboxylic acids is 2. The molecular formula is C30H36N6O2S2. The zero-order valence-electron chi connectivity index (χ0n) is 23.0. The van der Waals surface area contributed by atoms with Crippen molar-refractivity contribution in [2.75, 3.05) is 24.0 Å². The number of nitrogens with one attached hydrogen (secondary N) is 3. The van der Waals surface area contributed by atoms with Gasteiger partial charge in [-0.25, -0.2) is 0 Å². The van der Waals surface area contributed by atoms with Crippen LogP contribution >= 0.6 is 23.5 Å². The van der Waals surface area contributed by atoms with Crippen LogP contribution in [0.25, 0.3) is 22.1 Å². The Kier molecular flexibility index (Phi) is 9.29. The summed E-state index contributed by atoms with van der Waals surface area (Å²) in [5.74, 6) is 1.09. The average Bonchev–Trinajstić information content (AvgIpc) is 3.76. The fraction of sp³-hybridized carbons (Fsp3) is 0.400. The Morgan fingerprint density at radius 3 is 2.10 bits per heavy atom. The van der Waals surface area contributed by atoms with Crippen LogP contribution in [0.5, 0.6) is 0 Å². The topological polar surface area (TPSA) is 130 Å². The Labute approximate surface area is 242 Å². The molecule has 0 saturated heterocycles. The number of aryl methyl sites for hydroxylation is 4. The monoisotopic (exact) mass is 576 g/mol. The van der Waals surface area contributed by atoms with Gasteiger partial charge in [0.2, 0.25) is 5.91 Å².